The van der Waals surface area contributed by atoms with Gasteiger partial charge in [0.15, 0.2) is 0 Å². The maximum atomic E-state index is 10.6. The largest absolute Gasteiger partial charge is 0.311 e. The van der Waals surface area contributed by atoms with Crippen LogP contribution in [-0.4, -0.2) is 30.8 Å². The van der Waals surface area contributed by atoms with E-state index in [9.17, 15) is 8.42 Å². The van der Waals surface area contributed by atoms with Crippen molar-refractivity contribution in [1.29, 1.82) is 0 Å². The topological polar surface area (TPSA) is 66.4 Å². The lowest BCUT2D eigenvalue weighted by atomic mass is 9.95. The van der Waals surface area contributed by atoms with E-state index < -0.39 is 10.1 Å². The summed E-state index contributed by atoms with van der Waals surface area (Å²) in [6, 6.07) is 8.13. The van der Waals surface area contributed by atoms with Crippen molar-refractivity contribution in [3.8, 4) is 0 Å². The van der Waals surface area contributed by atoms with E-state index in [0.29, 0.717) is 13.0 Å². The molecule has 0 spiro atoms. The molecule has 2 N–H and O–H groups in total. The molecule has 0 saturated carbocycles. The summed E-state index contributed by atoms with van der Waals surface area (Å²) in [6.45, 7) is 4.70. The summed E-state index contributed by atoms with van der Waals surface area (Å²) in [5.74, 6) is -0.200. The van der Waals surface area contributed by atoms with Crippen LogP contribution in [0.2, 0.25) is 0 Å². The molecule has 108 valence electrons. The fourth-order valence-corrected chi connectivity index (χ4v) is 2.63. The number of nitrogens with one attached hydrogen (secondary N) is 1. The van der Waals surface area contributed by atoms with Crippen LogP contribution in [0.3, 0.4) is 0 Å². The van der Waals surface area contributed by atoms with Gasteiger partial charge in [0.25, 0.3) is 10.1 Å². The summed E-state index contributed by atoms with van der Waals surface area (Å²) in [5.41, 5.74) is 1.10. The van der Waals surface area contributed by atoms with Gasteiger partial charge in [-0.15, -0.1) is 0 Å². The van der Waals surface area contributed by atoms with Crippen LogP contribution in [0.5, 0.6) is 0 Å². The highest BCUT2D eigenvalue weighted by Gasteiger charge is 2.17. The van der Waals surface area contributed by atoms with Crippen molar-refractivity contribution in [1.82, 2.24) is 5.32 Å². The summed E-state index contributed by atoms with van der Waals surface area (Å²) in [5, 5.41) is 3.31. The average molecular weight is 350 g/mol. The number of hydrogen-bond donors (Lipinski definition) is 2. The molecule has 1 rings (SSSR count). The standard InChI is InChI=1S/C13H20BrNO3S/c1-13(2,15-8-3-9-19(16,17)18)10-11-4-6-12(14)7-5-11/h4-7,15H,3,8-10H2,1-2H3,(H,16,17,18). The molecular formula is C13H20BrNO3S. The van der Waals surface area contributed by atoms with Crippen LogP contribution in [0.15, 0.2) is 28.7 Å². The lowest BCUT2D eigenvalue weighted by molar-refractivity contribution is 0.385. The molecule has 0 fully saturated rings. The van der Waals surface area contributed by atoms with E-state index in [1.807, 2.05) is 12.1 Å². The molecule has 0 heterocycles. The number of hydrogen-bond acceptors (Lipinski definition) is 3. The highest BCUT2D eigenvalue weighted by molar-refractivity contribution is 9.10. The van der Waals surface area contributed by atoms with Crippen molar-refractivity contribution >= 4 is 26.0 Å². The van der Waals surface area contributed by atoms with E-state index in [-0.39, 0.29) is 11.3 Å². The van der Waals surface area contributed by atoms with Gasteiger partial charge < -0.3 is 5.32 Å². The highest BCUT2D eigenvalue weighted by atomic mass is 79.9. The van der Waals surface area contributed by atoms with Crippen molar-refractivity contribution in [3.63, 3.8) is 0 Å². The smallest absolute Gasteiger partial charge is 0.264 e. The Balaban J connectivity index is 2.41. The van der Waals surface area contributed by atoms with E-state index in [1.54, 1.807) is 0 Å². The molecule has 0 aliphatic carbocycles. The third kappa shape index (κ3) is 7.67. The van der Waals surface area contributed by atoms with Crippen molar-refractivity contribution in [3.05, 3.63) is 34.3 Å². The Hall–Kier alpha value is -0.430. The van der Waals surface area contributed by atoms with Crippen LogP contribution in [0, 0.1) is 0 Å². The molecule has 0 aliphatic rings. The Bertz CT molecular complexity index is 497. The van der Waals surface area contributed by atoms with Gasteiger partial charge in [-0.25, -0.2) is 0 Å². The first-order valence-electron chi connectivity index (χ1n) is 6.13. The first-order chi connectivity index (χ1) is 8.68. The molecule has 6 heteroatoms. The molecule has 0 radical (unpaired) electrons. The maximum absolute atomic E-state index is 10.6. The van der Waals surface area contributed by atoms with Crippen LogP contribution in [-0.2, 0) is 16.5 Å². The fourth-order valence-electron chi connectivity index (χ4n) is 1.86. The predicted molar refractivity (Wildman–Crippen MR) is 81.0 cm³/mol. The third-order valence-electron chi connectivity index (χ3n) is 2.74. The Morgan fingerprint density at radius 1 is 1.26 bits per heavy atom. The summed E-state index contributed by atoms with van der Waals surface area (Å²) in [7, 11) is -3.85. The van der Waals surface area contributed by atoms with Gasteiger partial charge in [-0.1, -0.05) is 28.1 Å². The van der Waals surface area contributed by atoms with E-state index in [4.69, 9.17) is 4.55 Å². The lowest BCUT2D eigenvalue weighted by Crippen LogP contribution is -2.42. The second-order valence-corrected chi connectivity index (χ2v) is 7.74. The van der Waals surface area contributed by atoms with E-state index in [2.05, 4.69) is 47.2 Å². The number of benzene rings is 1. The van der Waals surface area contributed by atoms with Crippen LogP contribution in [0.25, 0.3) is 0 Å². The first kappa shape index (κ1) is 16.6. The third-order valence-corrected chi connectivity index (χ3v) is 4.08. The molecule has 0 amide bonds. The summed E-state index contributed by atoms with van der Waals surface area (Å²) in [6.07, 6.45) is 1.26. The monoisotopic (exact) mass is 349 g/mol. The average Bonchev–Trinajstić information content (AvgIpc) is 2.26. The normalized spacial score (nSPS) is 12.6. The zero-order valence-electron chi connectivity index (χ0n) is 11.2. The Labute approximate surface area is 123 Å². The van der Waals surface area contributed by atoms with Crippen LogP contribution < -0.4 is 5.32 Å². The minimum Gasteiger partial charge on any atom is -0.311 e. The molecule has 0 aliphatic heterocycles. The van der Waals surface area contributed by atoms with Crippen molar-refractivity contribution in [2.75, 3.05) is 12.3 Å². The highest BCUT2D eigenvalue weighted by Crippen LogP contribution is 2.16. The molecule has 0 bridgehead atoms. The van der Waals surface area contributed by atoms with E-state index in [0.717, 1.165) is 10.9 Å². The van der Waals surface area contributed by atoms with Crippen LogP contribution in [0.1, 0.15) is 25.8 Å². The number of halogens is 1. The zero-order valence-corrected chi connectivity index (χ0v) is 13.6. The van der Waals surface area contributed by atoms with Gasteiger partial charge in [-0.2, -0.15) is 8.42 Å². The zero-order chi connectivity index (χ0) is 14.5. The van der Waals surface area contributed by atoms with Gasteiger partial charge >= 0.3 is 0 Å². The van der Waals surface area contributed by atoms with Gasteiger partial charge in [0.05, 0.1) is 5.75 Å². The van der Waals surface area contributed by atoms with Gasteiger partial charge in [-0.05, 0) is 50.9 Å². The lowest BCUT2D eigenvalue weighted by Gasteiger charge is -2.26. The summed E-state index contributed by atoms with van der Waals surface area (Å²) >= 11 is 3.40. The van der Waals surface area contributed by atoms with Crippen LogP contribution in [0.4, 0.5) is 0 Å². The van der Waals surface area contributed by atoms with Gasteiger partial charge in [-0.3, -0.25) is 4.55 Å². The maximum Gasteiger partial charge on any atom is 0.264 e. The van der Waals surface area contributed by atoms with Crippen molar-refractivity contribution in [2.45, 2.75) is 32.2 Å². The van der Waals surface area contributed by atoms with Gasteiger partial charge in [0.1, 0.15) is 0 Å². The SMILES string of the molecule is CC(C)(Cc1ccc(Br)cc1)NCCCS(=O)(=O)O. The molecule has 0 atom stereocenters. The summed E-state index contributed by atoms with van der Waals surface area (Å²) < 4.78 is 30.9. The van der Waals surface area contributed by atoms with Crippen molar-refractivity contribution in [2.24, 2.45) is 0 Å². The molecule has 19 heavy (non-hydrogen) atoms. The second kappa shape index (κ2) is 6.83. The quantitative estimate of drug-likeness (QED) is 0.586. The Morgan fingerprint density at radius 2 is 1.84 bits per heavy atom. The van der Waals surface area contributed by atoms with Gasteiger partial charge in [0, 0.05) is 10.0 Å². The Kier molecular flexibility index (Phi) is 5.98. The molecule has 1 aromatic carbocycles. The summed E-state index contributed by atoms with van der Waals surface area (Å²) in [4.78, 5) is 0. The van der Waals surface area contributed by atoms with E-state index in [1.165, 1.54) is 5.56 Å². The van der Waals surface area contributed by atoms with Crippen molar-refractivity contribution < 1.29 is 13.0 Å². The van der Waals surface area contributed by atoms with Crippen LogP contribution >= 0.6 is 15.9 Å². The fraction of sp³-hybridized carbons (Fsp3) is 0.538. The molecular weight excluding hydrogens is 330 g/mol. The predicted octanol–water partition coefficient (Wildman–Crippen LogP) is 2.64. The van der Waals surface area contributed by atoms with E-state index >= 15 is 0 Å². The molecule has 4 nitrogen and oxygen atoms in total. The molecule has 0 aromatic heterocycles. The minimum absolute atomic E-state index is 0.118. The molecule has 1 aromatic rings. The molecule has 0 saturated heterocycles. The molecule has 0 unspecified atom stereocenters. The van der Waals surface area contributed by atoms with Gasteiger partial charge in [0.2, 0.25) is 0 Å². The Morgan fingerprint density at radius 3 is 2.37 bits per heavy atom. The number of rotatable bonds is 7. The second-order valence-electron chi connectivity index (χ2n) is 5.25. The first-order valence-corrected chi connectivity index (χ1v) is 8.53. The minimum atomic E-state index is -3.85.